The number of hydrogen-bond donors (Lipinski definition) is 2. The molecule has 0 aromatic heterocycles. The molecule has 1 amide bonds. The van der Waals surface area contributed by atoms with Crippen molar-refractivity contribution >= 4 is 21.7 Å². The largest absolute Gasteiger partial charge is 0.479 e. The third kappa shape index (κ3) is 4.49. The van der Waals surface area contributed by atoms with Gasteiger partial charge in [-0.3, -0.25) is 4.79 Å². The second kappa shape index (κ2) is 7.29. The molecule has 2 aromatic rings. The van der Waals surface area contributed by atoms with Crippen molar-refractivity contribution in [3.63, 3.8) is 0 Å². The van der Waals surface area contributed by atoms with E-state index in [0.29, 0.717) is 11.1 Å². The number of carbonyl (C=O) groups excluding carboxylic acids is 1. The van der Waals surface area contributed by atoms with Gasteiger partial charge in [0.05, 0.1) is 4.90 Å². The molecule has 2 N–H and O–H groups in total. The third-order valence-electron chi connectivity index (χ3n) is 3.98. The Morgan fingerprint density at radius 1 is 1.00 bits per heavy atom. The molecule has 0 heterocycles. The highest BCUT2D eigenvalue weighted by Crippen LogP contribution is 2.20. The molecule has 0 aliphatic carbocycles. The first-order chi connectivity index (χ1) is 12.0. The van der Waals surface area contributed by atoms with Crippen molar-refractivity contribution in [3.8, 4) is 0 Å². The summed E-state index contributed by atoms with van der Waals surface area (Å²) in [7, 11) is -3.48. The van der Waals surface area contributed by atoms with Crippen LogP contribution in [0.3, 0.4) is 0 Å². The SMILES string of the molecule is Cc1cc(C)cc(C(NC(=O)c2cc(S(C)(=O)=O)ccc2C)C(=O)O)c1. The quantitative estimate of drug-likeness (QED) is 0.836. The highest BCUT2D eigenvalue weighted by Gasteiger charge is 2.24. The number of carbonyl (C=O) groups is 2. The van der Waals surface area contributed by atoms with E-state index in [9.17, 15) is 23.1 Å². The molecule has 0 spiro atoms. The van der Waals surface area contributed by atoms with Crippen LogP contribution < -0.4 is 5.32 Å². The predicted molar refractivity (Wildman–Crippen MR) is 98.0 cm³/mol. The number of sulfone groups is 1. The van der Waals surface area contributed by atoms with Gasteiger partial charge in [-0.1, -0.05) is 35.4 Å². The zero-order valence-corrected chi connectivity index (χ0v) is 15.8. The Bertz CT molecular complexity index is 959. The molecule has 138 valence electrons. The van der Waals surface area contributed by atoms with E-state index >= 15 is 0 Å². The van der Waals surface area contributed by atoms with Crippen LogP contribution in [0.5, 0.6) is 0 Å². The lowest BCUT2D eigenvalue weighted by Gasteiger charge is -2.17. The minimum Gasteiger partial charge on any atom is -0.479 e. The molecule has 0 radical (unpaired) electrons. The summed E-state index contributed by atoms with van der Waals surface area (Å²) in [6.45, 7) is 5.35. The molecule has 6 nitrogen and oxygen atoms in total. The van der Waals surface area contributed by atoms with Crippen molar-refractivity contribution in [1.82, 2.24) is 5.32 Å². The van der Waals surface area contributed by atoms with E-state index in [1.807, 2.05) is 19.9 Å². The van der Waals surface area contributed by atoms with Crippen LogP contribution in [0.4, 0.5) is 0 Å². The zero-order valence-electron chi connectivity index (χ0n) is 15.0. The van der Waals surface area contributed by atoms with Gasteiger partial charge in [-0.2, -0.15) is 0 Å². The average Bonchev–Trinajstić information content (AvgIpc) is 2.50. The van der Waals surface area contributed by atoms with E-state index in [1.54, 1.807) is 19.1 Å². The van der Waals surface area contributed by atoms with Crippen LogP contribution in [0.1, 0.15) is 38.7 Å². The van der Waals surface area contributed by atoms with E-state index in [1.165, 1.54) is 18.2 Å². The molecule has 7 heteroatoms. The molecule has 0 bridgehead atoms. The lowest BCUT2D eigenvalue weighted by molar-refractivity contribution is -0.139. The first-order valence-electron chi connectivity index (χ1n) is 7.91. The second-order valence-electron chi connectivity index (χ2n) is 6.41. The van der Waals surface area contributed by atoms with E-state index in [0.717, 1.165) is 17.4 Å². The van der Waals surface area contributed by atoms with Gasteiger partial charge in [0, 0.05) is 11.8 Å². The summed E-state index contributed by atoms with van der Waals surface area (Å²) in [5.41, 5.74) is 2.91. The van der Waals surface area contributed by atoms with E-state index in [4.69, 9.17) is 0 Å². The van der Waals surface area contributed by atoms with Gasteiger partial charge in [0.15, 0.2) is 15.9 Å². The maximum atomic E-state index is 12.6. The summed E-state index contributed by atoms with van der Waals surface area (Å²) < 4.78 is 23.4. The summed E-state index contributed by atoms with van der Waals surface area (Å²) in [6.07, 6.45) is 1.05. The van der Waals surface area contributed by atoms with Crippen LogP contribution in [0.2, 0.25) is 0 Å². The van der Waals surface area contributed by atoms with Gasteiger partial charge < -0.3 is 10.4 Å². The minimum absolute atomic E-state index is 0.00604. The van der Waals surface area contributed by atoms with Crippen LogP contribution in [-0.2, 0) is 14.6 Å². The summed E-state index contributed by atoms with van der Waals surface area (Å²) in [6, 6.07) is 8.28. The molecule has 2 aromatic carbocycles. The number of aryl methyl sites for hydroxylation is 3. The smallest absolute Gasteiger partial charge is 0.330 e. The molecule has 2 rings (SSSR count). The molecule has 0 saturated heterocycles. The summed E-state index contributed by atoms with van der Waals surface area (Å²) >= 11 is 0. The highest BCUT2D eigenvalue weighted by molar-refractivity contribution is 7.90. The van der Waals surface area contributed by atoms with E-state index in [-0.39, 0.29) is 10.5 Å². The van der Waals surface area contributed by atoms with Gasteiger partial charge in [-0.15, -0.1) is 0 Å². The van der Waals surface area contributed by atoms with Crippen molar-refractivity contribution in [2.45, 2.75) is 31.7 Å². The number of nitrogens with one attached hydrogen (secondary N) is 1. The van der Waals surface area contributed by atoms with Crippen molar-refractivity contribution in [3.05, 3.63) is 64.2 Å². The Morgan fingerprint density at radius 3 is 2.08 bits per heavy atom. The predicted octanol–water partition coefficient (Wildman–Crippen LogP) is 2.57. The normalized spacial score (nSPS) is 12.5. The standard InChI is InChI=1S/C19H21NO5S/c1-11-7-12(2)9-14(8-11)17(19(22)23)20-18(21)16-10-15(26(4,24)25)6-5-13(16)3/h5-10,17H,1-4H3,(H,20,21)(H,22,23). The summed E-state index contributed by atoms with van der Waals surface area (Å²) in [5.74, 6) is -1.83. The van der Waals surface area contributed by atoms with E-state index < -0.39 is 27.8 Å². The van der Waals surface area contributed by atoms with Gasteiger partial charge in [0.2, 0.25) is 0 Å². The summed E-state index contributed by atoms with van der Waals surface area (Å²) in [4.78, 5) is 24.3. The van der Waals surface area contributed by atoms with Gasteiger partial charge in [-0.05, 0) is 44.0 Å². The van der Waals surface area contributed by atoms with Crippen molar-refractivity contribution in [1.29, 1.82) is 0 Å². The maximum absolute atomic E-state index is 12.6. The fraction of sp³-hybridized carbons (Fsp3) is 0.263. The van der Waals surface area contributed by atoms with Crippen LogP contribution in [-0.4, -0.2) is 31.7 Å². The monoisotopic (exact) mass is 375 g/mol. The topological polar surface area (TPSA) is 101 Å². The van der Waals surface area contributed by atoms with Gasteiger partial charge in [-0.25, -0.2) is 13.2 Å². The number of aliphatic carboxylic acids is 1. The molecule has 0 fully saturated rings. The van der Waals surface area contributed by atoms with Crippen LogP contribution in [0, 0.1) is 20.8 Å². The summed E-state index contributed by atoms with van der Waals surface area (Å²) in [5, 5.41) is 12.0. The Balaban J connectivity index is 2.41. The number of hydrogen-bond acceptors (Lipinski definition) is 4. The van der Waals surface area contributed by atoms with Crippen LogP contribution in [0.25, 0.3) is 0 Å². The second-order valence-corrected chi connectivity index (χ2v) is 8.43. The molecular formula is C19H21NO5S. The van der Waals surface area contributed by atoms with Crippen LogP contribution >= 0.6 is 0 Å². The van der Waals surface area contributed by atoms with E-state index in [2.05, 4.69) is 5.32 Å². The highest BCUT2D eigenvalue weighted by atomic mass is 32.2. The third-order valence-corrected chi connectivity index (χ3v) is 5.09. The number of carboxylic acids is 1. The Hall–Kier alpha value is -2.67. The average molecular weight is 375 g/mol. The fourth-order valence-electron chi connectivity index (χ4n) is 2.75. The lowest BCUT2D eigenvalue weighted by atomic mass is 10.0. The Labute approximate surface area is 152 Å². The minimum atomic E-state index is -3.48. The van der Waals surface area contributed by atoms with Crippen molar-refractivity contribution in [2.24, 2.45) is 0 Å². The first kappa shape index (κ1) is 19.7. The Morgan fingerprint density at radius 2 is 1.58 bits per heavy atom. The van der Waals surface area contributed by atoms with Crippen molar-refractivity contribution in [2.75, 3.05) is 6.26 Å². The fourth-order valence-corrected chi connectivity index (χ4v) is 3.40. The number of carboxylic acid groups (broad SMARTS) is 1. The molecular weight excluding hydrogens is 354 g/mol. The van der Waals surface area contributed by atoms with Gasteiger partial charge in [0.25, 0.3) is 5.91 Å². The molecule has 0 aliphatic rings. The van der Waals surface area contributed by atoms with Gasteiger partial charge >= 0.3 is 5.97 Å². The molecule has 26 heavy (non-hydrogen) atoms. The van der Waals surface area contributed by atoms with Crippen LogP contribution in [0.15, 0.2) is 41.3 Å². The van der Waals surface area contributed by atoms with Gasteiger partial charge in [0.1, 0.15) is 0 Å². The molecule has 0 aliphatic heterocycles. The maximum Gasteiger partial charge on any atom is 0.330 e. The zero-order chi connectivity index (χ0) is 19.6. The molecule has 1 atom stereocenters. The number of rotatable bonds is 5. The number of amides is 1. The number of benzene rings is 2. The molecule has 0 saturated carbocycles. The first-order valence-corrected chi connectivity index (χ1v) is 9.81. The molecule has 1 unspecified atom stereocenters. The lowest BCUT2D eigenvalue weighted by Crippen LogP contribution is -2.34. The Kier molecular flexibility index (Phi) is 5.51. The van der Waals surface area contributed by atoms with Crippen molar-refractivity contribution < 1.29 is 23.1 Å².